The molecule has 0 saturated heterocycles. The van der Waals surface area contributed by atoms with Crippen molar-refractivity contribution in [1.82, 2.24) is 4.57 Å². The van der Waals surface area contributed by atoms with Crippen molar-refractivity contribution in [3.63, 3.8) is 0 Å². The topological polar surface area (TPSA) is 17.4 Å². The zero-order valence-electron chi connectivity index (χ0n) is 31.6. The van der Waals surface area contributed by atoms with E-state index in [2.05, 4.69) is 222 Å². The van der Waals surface area contributed by atoms with Crippen LogP contribution in [-0.2, 0) is 0 Å². The van der Waals surface area contributed by atoms with E-state index >= 15 is 0 Å². The fraction of sp³-hybridized carbons (Fsp3) is 0. The second-order valence-corrected chi connectivity index (χ2v) is 15.3. The lowest BCUT2D eigenvalue weighted by molar-refractivity contribution is 0.487. The molecule has 0 N–H and O–H groups in total. The molecule has 0 fully saturated rings. The average Bonchev–Trinajstić information content (AvgIpc) is 3.64. The summed E-state index contributed by atoms with van der Waals surface area (Å²) < 4.78 is 9.41. The minimum absolute atomic E-state index is 0.139. The summed E-state index contributed by atoms with van der Waals surface area (Å²) in [5, 5.41) is 2.52. The number of ether oxygens (including phenoxy) is 1. The highest BCUT2D eigenvalue weighted by atomic mass is 16.5. The molecule has 1 aromatic heterocycles. The van der Waals surface area contributed by atoms with Crippen LogP contribution < -0.4 is 20.5 Å². The summed E-state index contributed by atoms with van der Waals surface area (Å²) in [7, 11) is 0. The van der Waals surface area contributed by atoms with Crippen molar-refractivity contribution in [3.8, 4) is 61.7 Å². The van der Waals surface area contributed by atoms with E-state index in [0.29, 0.717) is 0 Å². The van der Waals surface area contributed by atoms with E-state index in [9.17, 15) is 0 Å². The number of nitrogens with zero attached hydrogens (tertiary/aromatic N) is 2. The maximum atomic E-state index is 7.02. The lowest BCUT2D eigenvalue weighted by Crippen LogP contribution is -2.59. The predicted molar refractivity (Wildman–Crippen MR) is 243 cm³/mol. The van der Waals surface area contributed by atoms with E-state index in [1.54, 1.807) is 0 Å². The number of anilines is 2. The van der Waals surface area contributed by atoms with E-state index in [4.69, 9.17) is 4.74 Å². The van der Waals surface area contributed by atoms with Crippen molar-refractivity contribution in [2.45, 2.75) is 0 Å². The van der Waals surface area contributed by atoms with E-state index in [0.717, 1.165) is 45.0 Å². The van der Waals surface area contributed by atoms with Crippen LogP contribution in [0.3, 0.4) is 0 Å². The van der Waals surface area contributed by atoms with Crippen LogP contribution in [0.4, 0.5) is 11.4 Å². The second-order valence-electron chi connectivity index (χ2n) is 15.3. The Morgan fingerprint density at radius 2 is 0.931 bits per heavy atom. The molecule has 0 unspecified atom stereocenters. The Hall–Kier alpha value is -7.56. The zero-order valence-corrected chi connectivity index (χ0v) is 31.6. The van der Waals surface area contributed by atoms with Crippen molar-refractivity contribution in [2.24, 2.45) is 0 Å². The van der Waals surface area contributed by atoms with Gasteiger partial charge >= 0.3 is 6.85 Å². The first-order valence-corrected chi connectivity index (χ1v) is 20.0. The second kappa shape index (κ2) is 13.0. The van der Waals surface area contributed by atoms with E-state index in [1.807, 2.05) is 0 Å². The van der Waals surface area contributed by atoms with E-state index < -0.39 is 0 Å². The molecule has 0 saturated carbocycles. The summed E-state index contributed by atoms with van der Waals surface area (Å²) in [6.45, 7) is -0.139. The van der Waals surface area contributed by atoms with Gasteiger partial charge in [-0.2, -0.15) is 0 Å². The first-order chi connectivity index (χ1) is 28.8. The quantitative estimate of drug-likeness (QED) is 0.164. The van der Waals surface area contributed by atoms with Gasteiger partial charge in [0.2, 0.25) is 0 Å². The molecule has 0 spiro atoms. The van der Waals surface area contributed by atoms with Gasteiger partial charge in [0.1, 0.15) is 11.5 Å². The SMILES string of the molecule is c1ccc(-c2cccc(N3B4c5cc(-c6cccc(-n7c8ccccc8c8ccccc87)c6)ccc5Oc5cc(-c6ccccc6)cc(c54)-c4ccccc43)c2)cc1. The van der Waals surface area contributed by atoms with Crippen molar-refractivity contribution in [2.75, 3.05) is 4.81 Å². The van der Waals surface area contributed by atoms with E-state index in [1.165, 1.54) is 60.8 Å². The molecule has 0 radical (unpaired) electrons. The molecule has 10 aromatic rings. The molecule has 3 heterocycles. The van der Waals surface area contributed by atoms with Crippen molar-refractivity contribution in [1.29, 1.82) is 0 Å². The number of rotatable bonds is 5. The van der Waals surface area contributed by atoms with Gasteiger partial charge in [0.15, 0.2) is 0 Å². The van der Waals surface area contributed by atoms with Crippen molar-refractivity contribution in [3.05, 3.63) is 212 Å². The first-order valence-electron chi connectivity index (χ1n) is 20.0. The third kappa shape index (κ3) is 5.08. The van der Waals surface area contributed by atoms with Gasteiger partial charge < -0.3 is 14.1 Å². The number of aromatic nitrogens is 1. The third-order valence-electron chi connectivity index (χ3n) is 12.0. The molecule has 12 rings (SSSR count). The first kappa shape index (κ1) is 32.7. The highest BCUT2D eigenvalue weighted by Gasteiger charge is 2.44. The molecule has 0 aliphatic carbocycles. The summed E-state index contributed by atoms with van der Waals surface area (Å²) in [6, 6.07) is 76.8. The van der Waals surface area contributed by atoms with Gasteiger partial charge in [0, 0.05) is 38.9 Å². The Morgan fingerprint density at radius 3 is 1.67 bits per heavy atom. The Bertz CT molecular complexity index is 3170. The monoisotopic (exact) mass is 738 g/mol. The highest BCUT2D eigenvalue weighted by molar-refractivity contribution is 6.92. The molecule has 9 aromatic carbocycles. The van der Waals surface area contributed by atoms with Gasteiger partial charge in [-0.3, -0.25) is 0 Å². The molecular weight excluding hydrogens is 703 g/mol. The molecule has 3 nitrogen and oxygen atoms in total. The molecule has 2 aliphatic rings. The lowest BCUT2D eigenvalue weighted by Gasteiger charge is -2.42. The minimum Gasteiger partial charge on any atom is -0.458 e. The maximum Gasteiger partial charge on any atom is 0.336 e. The molecular formula is C54H35BN2O. The van der Waals surface area contributed by atoms with Gasteiger partial charge in [0.05, 0.1) is 11.0 Å². The predicted octanol–water partition coefficient (Wildman–Crippen LogP) is 12.8. The number of benzene rings is 9. The van der Waals surface area contributed by atoms with Crippen LogP contribution in [0.5, 0.6) is 11.5 Å². The fourth-order valence-electron chi connectivity index (χ4n) is 9.42. The molecule has 4 heteroatoms. The van der Waals surface area contributed by atoms with E-state index in [-0.39, 0.29) is 6.85 Å². The Labute approximate surface area is 337 Å². The van der Waals surface area contributed by atoms with Crippen LogP contribution in [0, 0.1) is 0 Å². The normalized spacial score (nSPS) is 12.6. The molecule has 0 bridgehead atoms. The van der Waals surface area contributed by atoms with Crippen LogP contribution >= 0.6 is 0 Å². The third-order valence-corrected chi connectivity index (χ3v) is 12.0. The number of hydrogen-bond donors (Lipinski definition) is 0. The number of para-hydroxylation sites is 3. The summed E-state index contributed by atoms with van der Waals surface area (Å²) in [6.07, 6.45) is 0. The largest absolute Gasteiger partial charge is 0.458 e. The van der Waals surface area contributed by atoms with Crippen LogP contribution in [0.25, 0.3) is 72.0 Å². The smallest absolute Gasteiger partial charge is 0.336 e. The molecule has 0 amide bonds. The fourth-order valence-corrected chi connectivity index (χ4v) is 9.42. The molecule has 2 aliphatic heterocycles. The number of fused-ring (bicyclic) bond motifs is 7. The van der Waals surface area contributed by atoms with Crippen LogP contribution in [0.1, 0.15) is 0 Å². The standard InChI is InChI=1S/C54H35BN2O/c1-3-15-36(16-4-1)38-19-14-22-43(32-38)57-51-28-12-9-25-46(51)47-33-41(37-17-5-2-6-18-37)35-53-54(47)55(57)48-34-40(29-30-52(48)58-53)39-20-13-21-42(31-39)56-49-26-10-7-23-44(49)45-24-8-11-27-50(45)56/h1-35H. The summed E-state index contributed by atoms with van der Waals surface area (Å²) in [4.78, 5) is 2.54. The van der Waals surface area contributed by atoms with Gasteiger partial charge in [-0.25, -0.2) is 0 Å². The summed E-state index contributed by atoms with van der Waals surface area (Å²) >= 11 is 0. The highest BCUT2D eigenvalue weighted by Crippen LogP contribution is 2.46. The Morgan fingerprint density at radius 1 is 0.362 bits per heavy atom. The Balaban J connectivity index is 1.06. The molecule has 0 atom stereocenters. The van der Waals surface area contributed by atoms with Crippen LogP contribution in [0.15, 0.2) is 212 Å². The average molecular weight is 739 g/mol. The van der Waals surface area contributed by atoms with Crippen LogP contribution in [0.2, 0.25) is 0 Å². The van der Waals surface area contributed by atoms with Gasteiger partial charge in [-0.05, 0) is 105 Å². The van der Waals surface area contributed by atoms with Gasteiger partial charge in [-0.15, -0.1) is 0 Å². The maximum absolute atomic E-state index is 7.02. The van der Waals surface area contributed by atoms with Crippen molar-refractivity contribution < 1.29 is 4.74 Å². The van der Waals surface area contributed by atoms with Gasteiger partial charge in [-0.1, -0.05) is 152 Å². The van der Waals surface area contributed by atoms with Gasteiger partial charge in [0.25, 0.3) is 0 Å². The minimum atomic E-state index is -0.139. The zero-order chi connectivity index (χ0) is 38.2. The molecule has 58 heavy (non-hydrogen) atoms. The summed E-state index contributed by atoms with van der Waals surface area (Å²) in [5.74, 6) is 1.77. The van der Waals surface area contributed by atoms with Crippen LogP contribution in [-0.4, -0.2) is 11.4 Å². The Kier molecular flexibility index (Phi) is 7.33. The number of hydrogen-bond acceptors (Lipinski definition) is 2. The van der Waals surface area contributed by atoms with Crippen molar-refractivity contribution >= 4 is 51.0 Å². The summed E-state index contributed by atoms with van der Waals surface area (Å²) in [5.41, 5.74) is 17.6. The lowest BCUT2D eigenvalue weighted by atomic mass is 9.44. The molecule has 270 valence electrons.